The summed E-state index contributed by atoms with van der Waals surface area (Å²) in [6, 6.07) is 17.5. The van der Waals surface area contributed by atoms with Crippen molar-refractivity contribution in [2.75, 3.05) is 0 Å². The lowest BCUT2D eigenvalue weighted by Crippen LogP contribution is -2.56. The molecule has 4 N–H and O–H groups in total. The summed E-state index contributed by atoms with van der Waals surface area (Å²) in [6.07, 6.45) is 2.43. The van der Waals surface area contributed by atoms with E-state index in [4.69, 9.17) is 32.7 Å². The highest BCUT2D eigenvalue weighted by Gasteiger charge is 2.66. The molecule has 21 nitrogen and oxygen atoms in total. The van der Waals surface area contributed by atoms with Crippen LogP contribution in [-0.4, -0.2) is 128 Å². The highest BCUT2D eigenvalue weighted by Crippen LogP contribution is 2.57. The molecule has 538 valence electrons. The number of halogens is 12. The Morgan fingerprint density at radius 2 is 0.825 bits per heavy atom. The number of carbonyl (C=O) groups excluding carboxylic acids is 5. The predicted octanol–water partition coefficient (Wildman–Crippen LogP) is 9.59. The quantitative estimate of drug-likeness (QED) is 0.0620. The Balaban J connectivity index is 0.000000132. The van der Waals surface area contributed by atoms with Crippen LogP contribution in [0.5, 0.6) is 17.2 Å². The number of pyridine rings is 3. The summed E-state index contributed by atoms with van der Waals surface area (Å²) < 4.78 is 157. The molecule has 3 aromatic heterocycles. The Labute approximate surface area is 584 Å². The number of benzene rings is 4. The fraction of sp³-hybridized carbons (Fsp3) is 0.357. The Kier molecular flexibility index (Phi) is 17.6. The molecule has 5 amide bonds. The van der Waals surface area contributed by atoms with E-state index in [2.05, 4.69) is 10.6 Å². The van der Waals surface area contributed by atoms with Crippen molar-refractivity contribution < 1.29 is 92.4 Å². The number of nitrogens with one attached hydrogen (secondary N) is 2. The summed E-state index contributed by atoms with van der Waals surface area (Å²) in [5.74, 6) is -22.8. The molecule has 3 aliphatic carbocycles. The number of ether oxygens (including phenoxy) is 2. The van der Waals surface area contributed by atoms with E-state index in [0.717, 1.165) is 53.0 Å². The third-order valence-electron chi connectivity index (χ3n) is 20.8. The number of carboxylic acids is 1. The standard InChI is InChI=1S/C28H22ClF4N3O4.C21H16ClF4N3O4.C21H18F2N2O5/c29-21-19(30)7-6-15(22(21)31)10-34-26(38)17-11-35-12-20-18-8-16(9-28(18,32)33)36(20)27(39)23(35)25(24(17)37)40-13-14-4-2-1-3-5-14;22-14-12(23)2-1-8(15(14)24)5-27-19(32)10-6-28-7-13-11-3-9(4-21(11,25)26)29(13)20(33)16(28)18(31)17(10)30;22-21(23)7-12-6-14(21)15-9-24-8-13(20(28)29)17(26)18(16(24)19(27)25(12)15)30-10-11-4-2-1-3-5-11/h1-7,11,16,18,20H,8-10,12-13H2,(H,34,38);1-2,6,9,11,13,31H,3-5,7H2,(H,27,32);1-5,8,12,14-15H,6-7,9-10H2,(H,28,29)/t16-,18?,20+;9-,11?,13+;12-,14?,15+/m111/s1. The minimum Gasteiger partial charge on any atom is -0.503 e. The average molecular weight is 1480 g/mol. The van der Waals surface area contributed by atoms with Gasteiger partial charge >= 0.3 is 5.97 Å². The van der Waals surface area contributed by atoms with Gasteiger partial charge in [0, 0.05) is 118 Å². The van der Waals surface area contributed by atoms with E-state index in [1.165, 1.54) is 23.8 Å². The zero-order valence-corrected chi connectivity index (χ0v) is 54.8. The van der Waals surface area contributed by atoms with Crippen molar-refractivity contribution in [2.45, 2.75) is 138 Å². The zero-order chi connectivity index (χ0) is 73.4. The normalized spacial score (nSPS) is 24.0. The maximum atomic E-state index is 14.6. The Morgan fingerprint density at radius 1 is 0.485 bits per heavy atom. The summed E-state index contributed by atoms with van der Waals surface area (Å²) in [6.45, 7) is -1.16. The van der Waals surface area contributed by atoms with Gasteiger partial charge in [0.1, 0.15) is 63.2 Å². The number of piperidine rings is 3. The van der Waals surface area contributed by atoms with Gasteiger partial charge in [-0.3, -0.25) is 38.4 Å². The molecule has 4 aromatic carbocycles. The second kappa shape index (κ2) is 26.0. The number of carboxylic acid groups (broad SMARTS) is 1. The van der Waals surface area contributed by atoms with Crippen molar-refractivity contribution in [1.82, 2.24) is 39.0 Å². The maximum absolute atomic E-state index is 14.6. The number of amides is 5. The Hall–Kier alpha value is -10.2. The van der Waals surface area contributed by atoms with E-state index in [1.807, 2.05) is 6.07 Å². The molecule has 103 heavy (non-hydrogen) atoms. The van der Waals surface area contributed by atoms with Gasteiger partial charge in [0.05, 0.1) is 18.1 Å². The monoisotopic (exact) mass is 1480 g/mol. The second-order valence-corrected chi connectivity index (χ2v) is 27.5. The first-order valence-electron chi connectivity index (χ1n) is 32.4. The molecule has 9 heterocycles. The number of rotatable bonds is 13. The number of aromatic hydroxyl groups is 1. The molecule has 6 bridgehead atoms. The molecular weight excluding hydrogens is 1420 g/mol. The Bertz CT molecular complexity index is 4950. The first-order valence-corrected chi connectivity index (χ1v) is 33.1. The molecule has 3 unspecified atom stereocenters. The lowest BCUT2D eigenvalue weighted by molar-refractivity contribution is -0.0895. The van der Waals surface area contributed by atoms with Crippen molar-refractivity contribution >= 4 is 58.7 Å². The van der Waals surface area contributed by atoms with Crippen LogP contribution in [0.25, 0.3) is 0 Å². The van der Waals surface area contributed by atoms with Crippen LogP contribution in [0.1, 0.15) is 123 Å². The van der Waals surface area contributed by atoms with Crippen LogP contribution in [0, 0.1) is 41.0 Å². The highest BCUT2D eigenvalue weighted by atomic mass is 35.5. The number of aromatic carboxylic acids is 1. The van der Waals surface area contributed by atoms with Crippen LogP contribution >= 0.6 is 23.2 Å². The van der Waals surface area contributed by atoms with E-state index in [9.17, 15) is 97.3 Å². The molecule has 0 spiro atoms. The number of aromatic nitrogens is 3. The molecular formula is C70H56Cl2F10N8O13. The topological polar surface area (TPSA) is 261 Å². The van der Waals surface area contributed by atoms with Crippen molar-refractivity contribution in [3.05, 3.63) is 224 Å². The molecule has 33 heteroatoms. The SMILES string of the molecule is O=C(NCc1ccc(F)c(Cl)c1F)c1cn2c(c(O)c1=O)C(=O)N1[C@@H]3CC([C@@H]1C2)C(F)(F)C3.O=C(NCc1ccc(F)c(Cl)c1F)c1cn2c(c(OCc3ccccc3)c1=O)C(=O)N1[C@@H]3CC([C@@H]1C2)C(F)(F)C3.O=C(O)c1cn2c(c(OCc3ccccc3)c1=O)C(=O)N1[C@@H]3CC([C@@H]1C2)C(F)(F)C3. The molecule has 7 aromatic rings. The lowest BCUT2D eigenvalue weighted by atomic mass is 9.92. The summed E-state index contributed by atoms with van der Waals surface area (Å²) in [7, 11) is 0. The highest BCUT2D eigenvalue weighted by molar-refractivity contribution is 6.31. The van der Waals surface area contributed by atoms with E-state index in [1.54, 1.807) is 54.6 Å². The summed E-state index contributed by atoms with van der Waals surface area (Å²) >= 11 is 11.1. The molecule has 16 rings (SSSR count). The molecule has 6 aliphatic heterocycles. The van der Waals surface area contributed by atoms with Crippen molar-refractivity contribution in [1.29, 1.82) is 0 Å². The molecule has 9 atom stereocenters. The first kappa shape index (κ1) is 69.9. The van der Waals surface area contributed by atoms with E-state index in [-0.39, 0.29) is 91.8 Å². The fourth-order valence-corrected chi connectivity index (χ4v) is 16.5. The van der Waals surface area contributed by atoms with Gasteiger partial charge in [0.2, 0.25) is 16.3 Å². The van der Waals surface area contributed by atoms with E-state index in [0.29, 0.717) is 5.56 Å². The smallest absolute Gasteiger partial charge is 0.341 e. The van der Waals surface area contributed by atoms with Crippen LogP contribution < -0.4 is 36.4 Å². The van der Waals surface area contributed by atoms with Crippen molar-refractivity contribution in [3.8, 4) is 17.2 Å². The van der Waals surface area contributed by atoms with E-state index < -0.39 is 212 Å². The van der Waals surface area contributed by atoms with Crippen LogP contribution in [0.15, 0.2) is 118 Å². The van der Waals surface area contributed by atoms with Crippen LogP contribution in [0.3, 0.4) is 0 Å². The van der Waals surface area contributed by atoms with Gasteiger partial charge in [-0.1, -0.05) is 96.0 Å². The number of hydrogen-bond acceptors (Lipinski definition) is 12. The van der Waals surface area contributed by atoms with Crippen LogP contribution in [0.4, 0.5) is 43.9 Å². The number of nitrogens with zero attached hydrogens (tertiary/aromatic N) is 6. The lowest BCUT2D eigenvalue weighted by Gasteiger charge is -2.43. The van der Waals surface area contributed by atoms with Crippen molar-refractivity contribution in [2.24, 2.45) is 17.8 Å². The summed E-state index contributed by atoms with van der Waals surface area (Å²) in [4.78, 5) is 120. The average Bonchev–Trinajstić information content (AvgIpc) is 1.60. The first-order chi connectivity index (χ1) is 48.8. The predicted molar refractivity (Wildman–Crippen MR) is 342 cm³/mol. The van der Waals surface area contributed by atoms with Crippen LogP contribution in [-0.2, 0) is 45.9 Å². The van der Waals surface area contributed by atoms with Gasteiger partial charge in [-0.25, -0.2) is 48.7 Å². The second-order valence-electron chi connectivity index (χ2n) is 26.7. The fourth-order valence-electron chi connectivity index (χ4n) is 16.1. The number of fused-ring (bicyclic) bond motifs is 18. The number of carbonyl (C=O) groups is 6. The Morgan fingerprint density at radius 3 is 1.20 bits per heavy atom. The van der Waals surface area contributed by atoms with Gasteiger partial charge in [-0.15, -0.1) is 0 Å². The van der Waals surface area contributed by atoms with Crippen molar-refractivity contribution in [3.63, 3.8) is 0 Å². The minimum absolute atomic E-state index is 0.0000863. The summed E-state index contributed by atoms with van der Waals surface area (Å²) in [5.41, 5.74) is -3.81. The van der Waals surface area contributed by atoms with Gasteiger partial charge in [-0.05, 0) is 42.5 Å². The molecule has 3 saturated heterocycles. The third kappa shape index (κ3) is 12.0. The molecule has 3 saturated carbocycles. The zero-order valence-electron chi connectivity index (χ0n) is 53.3. The van der Waals surface area contributed by atoms with Gasteiger partial charge in [-0.2, -0.15) is 0 Å². The van der Waals surface area contributed by atoms with Crippen LogP contribution in [0.2, 0.25) is 10.0 Å². The maximum Gasteiger partial charge on any atom is 0.341 e. The molecule has 9 aliphatic rings. The molecule has 6 fully saturated rings. The summed E-state index contributed by atoms with van der Waals surface area (Å²) in [5, 5.41) is 23.0. The van der Waals surface area contributed by atoms with Gasteiger partial charge in [0.25, 0.3) is 47.3 Å². The largest absolute Gasteiger partial charge is 0.503 e. The molecule has 0 radical (unpaired) electrons. The number of hydrogen-bond donors (Lipinski definition) is 4. The third-order valence-corrected chi connectivity index (χ3v) is 21.5. The van der Waals surface area contributed by atoms with Gasteiger partial charge < -0.3 is 58.7 Å². The van der Waals surface area contributed by atoms with Gasteiger partial charge in [0.15, 0.2) is 34.3 Å². The minimum atomic E-state index is -2.93. The number of alkyl halides is 6. The van der Waals surface area contributed by atoms with E-state index >= 15 is 0 Å².